The second-order valence-electron chi connectivity index (χ2n) is 4.94. The van der Waals surface area contributed by atoms with E-state index < -0.39 is 0 Å². The summed E-state index contributed by atoms with van der Waals surface area (Å²) in [5.74, 6) is 0. The van der Waals surface area contributed by atoms with Gasteiger partial charge in [0.15, 0.2) is 0 Å². The highest BCUT2D eigenvalue weighted by atomic mass is 79.9. The smallest absolute Gasteiger partial charge is 0.0701 e. The van der Waals surface area contributed by atoms with Gasteiger partial charge in [-0.05, 0) is 54.0 Å². The normalized spacial score (nSPS) is 12.6. The van der Waals surface area contributed by atoms with Gasteiger partial charge < -0.3 is 5.32 Å². The van der Waals surface area contributed by atoms with Crippen LogP contribution in [0.5, 0.6) is 0 Å². The number of hydrogen-bond donors (Lipinski definition) is 1. The highest BCUT2D eigenvalue weighted by Gasteiger charge is 2.13. The second kappa shape index (κ2) is 6.69. The van der Waals surface area contributed by atoms with Gasteiger partial charge in [-0.2, -0.15) is 0 Å². The third-order valence-corrected chi connectivity index (χ3v) is 4.78. The molecule has 2 rings (SSSR count). The van der Waals surface area contributed by atoms with Crippen molar-refractivity contribution < 1.29 is 0 Å². The Morgan fingerprint density at radius 2 is 1.84 bits per heavy atom. The molecule has 3 heteroatoms. The second-order valence-corrected chi connectivity index (χ2v) is 7.49. The van der Waals surface area contributed by atoms with Gasteiger partial charge in [-0.3, -0.25) is 0 Å². The summed E-state index contributed by atoms with van der Waals surface area (Å²) in [4.78, 5) is 1.41. The van der Waals surface area contributed by atoms with Crippen LogP contribution in [0.1, 0.15) is 34.5 Å². The zero-order valence-electron chi connectivity index (χ0n) is 11.7. The first-order chi connectivity index (χ1) is 9.08. The molecule has 0 radical (unpaired) electrons. The summed E-state index contributed by atoms with van der Waals surface area (Å²) >= 11 is 5.36. The third-order valence-electron chi connectivity index (χ3n) is 3.13. The third kappa shape index (κ3) is 4.16. The first kappa shape index (κ1) is 14.8. The van der Waals surface area contributed by atoms with Crippen molar-refractivity contribution in [2.24, 2.45) is 0 Å². The van der Waals surface area contributed by atoms with Crippen LogP contribution in [-0.2, 0) is 6.42 Å². The molecule has 19 heavy (non-hydrogen) atoms. The van der Waals surface area contributed by atoms with Gasteiger partial charge in [-0.25, -0.2) is 0 Å². The Morgan fingerprint density at radius 1 is 1.16 bits per heavy atom. The van der Waals surface area contributed by atoms with Crippen molar-refractivity contribution in [3.8, 4) is 0 Å². The predicted molar refractivity (Wildman–Crippen MR) is 88.1 cm³/mol. The lowest BCUT2D eigenvalue weighted by molar-refractivity contribution is 0.553. The Kier molecular flexibility index (Phi) is 5.20. The van der Waals surface area contributed by atoms with E-state index in [1.54, 1.807) is 0 Å². The van der Waals surface area contributed by atoms with E-state index in [0.29, 0.717) is 6.04 Å². The van der Waals surface area contributed by atoms with Crippen LogP contribution in [0, 0.1) is 13.8 Å². The number of benzene rings is 1. The minimum atomic E-state index is 0.397. The summed E-state index contributed by atoms with van der Waals surface area (Å²) in [6, 6.07) is 11.6. The van der Waals surface area contributed by atoms with Gasteiger partial charge in [0, 0.05) is 17.3 Å². The lowest BCUT2D eigenvalue weighted by Crippen LogP contribution is -2.22. The van der Waals surface area contributed by atoms with E-state index in [1.807, 2.05) is 11.3 Å². The monoisotopic (exact) mass is 337 g/mol. The Hall–Kier alpha value is -0.640. The van der Waals surface area contributed by atoms with E-state index in [-0.39, 0.29) is 0 Å². The molecular formula is C16H20BrNS. The molecule has 0 aliphatic carbocycles. The molecule has 0 aliphatic heterocycles. The molecule has 1 aromatic heterocycles. The average molecular weight is 338 g/mol. The Bertz CT molecular complexity index is 527. The predicted octanol–water partition coefficient (Wildman–Crippen LogP) is 5.02. The summed E-state index contributed by atoms with van der Waals surface area (Å²) in [6.45, 7) is 7.49. The molecule has 0 spiro atoms. The van der Waals surface area contributed by atoms with Crippen LogP contribution in [-0.4, -0.2) is 6.54 Å². The van der Waals surface area contributed by atoms with Crippen LogP contribution in [0.2, 0.25) is 0 Å². The molecule has 0 amide bonds. The Labute approximate surface area is 128 Å². The van der Waals surface area contributed by atoms with Crippen LogP contribution in [0.4, 0.5) is 0 Å². The van der Waals surface area contributed by atoms with Gasteiger partial charge in [0.25, 0.3) is 0 Å². The van der Waals surface area contributed by atoms with Gasteiger partial charge in [0.2, 0.25) is 0 Å². The zero-order chi connectivity index (χ0) is 13.8. The molecule has 1 nitrogen and oxygen atoms in total. The highest BCUT2D eigenvalue weighted by Crippen LogP contribution is 2.27. The van der Waals surface area contributed by atoms with Crippen LogP contribution in [0.15, 0.2) is 34.1 Å². The van der Waals surface area contributed by atoms with Crippen molar-refractivity contribution in [2.75, 3.05) is 6.54 Å². The summed E-state index contributed by atoms with van der Waals surface area (Å²) in [5.41, 5.74) is 4.07. The van der Waals surface area contributed by atoms with E-state index in [4.69, 9.17) is 0 Å². The average Bonchev–Trinajstić information content (AvgIpc) is 2.73. The minimum absolute atomic E-state index is 0.397. The van der Waals surface area contributed by atoms with Crippen molar-refractivity contribution in [2.45, 2.75) is 33.2 Å². The van der Waals surface area contributed by atoms with Crippen molar-refractivity contribution in [1.29, 1.82) is 0 Å². The maximum Gasteiger partial charge on any atom is 0.0701 e. The number of aryl methyl sites for hydroxylation is 2. The minimum Gasteiger partial charge on any atom is -0.310 e. The molecular weight excluding hydrogens is 318 g/mol. The van der Waals surface area contributed by atoms with Gasteiger partial charge >= 0.3 is 0 Å². The molecule has 1 atom stereocenters. The summed E-state index contributed by atoms with van der Waals surface area (Å²) in [5, 5.41) is 3.60. The molecule has 1 N–H and O–H groups in total. The molecule has 0 saturated carbocycles. The summed E-state index contributed by atoms with van der Waals surface area (Å²) in [7, 11) is 0. The van der Waals surface area contributed by atoms with Gasteiger partial charge in [0.05, 0.1) is 3.79 Å². The lowest BCUT2D eigenvalue weighted by Gasteiger charge is -2.19. The van der Waals surface area contributed by atoms with E-state index >= 15 is 0 Å². The van der Waals surface area contributed by atoms with Crippen molar-refractivity contribution in [1.82, 2.24) is 5.32 Å². The number of halogens is 1. The SMILES string of the molecule is CCNC(Cc1ccc(Br)s1)c1cc(C)cc(C)c1. The Morgan fingerprint density at radius 3 is 2.37 bits per heavy atom. The van der Waals surface area contributed by atoms with Crippen LogP contribution in [0.3, 0.4) is 0 Å². The number of rotatable bonds is 5. The summed E-state index contributed by atoms with van der Waals surface area (Å²) in [6.07, 6.45) is 1.05. The molecule has 0 bridgehead atoms. The fourth-order valence-electron chi connectivity index (χ4n) is 2.43. The first-order valence-electron chi connectivity index (χ1n) is 6.64. The van der Waals surface area contributed by atoms with Crippen molar-refractivity contribution >= 4 is 27.3 Å². The largest absolute Gasteiger partial charge is 0.310 e. The van der Waals surface area contributed by atoms with Gasteiger partial charge in [0.1, 0.15) is 0 Å². The van der Waals surface area contributed by atoms with E-state index in [2.05, 4.69) is 72.3 Å². The molecule has 0 aliphatic rings. The maximum atomic E-state index is 3.60. The van der Waals surface area contributed by atoms with Crippen LogP contribution in [0.25, 0.3) is 0 Å². The van der Waals surface area contributed by atoms with Crippen molar-refractivity contribution in [3.05, 3.63) is 55.7 Å². The number of likely N-dealkylation sites (N-methyl/N-ethyl adjacent to an activating group) is 1. The van der Waals surface area contributed by atoms with Crippen LogP contribution < -0.4 is 5.32 Å². The quantitative estimate of drug-likeness (QED) is 0.807. The molecule has 0 saturated heterocycles. The number of hydrogen-bond acceptors (Lipinski definition) is 2. The number of nitrogens with one attached hydrogen (secondary N) is 1. The summed E-state index contributed by atoms with van der Waals surface area (Å²) < 4.78 is 1.21. The topological polar surface area (TPSA) is 12.0 Å². The zero-order valence-corrected chi connectivity index (χ0v) is 14.1. The molecule has 2 aromatic rings. The van der Waals surface area contributed by atoms with E-state index in [0.717, 1.165) is 13.0 Å². The molecule has 0 fully saturated rings. The number of thiophene rings is 1. The maximum absolute atomic E-state index is 3.60. The molecule has 1 heterocycles. The first-order valence-corrected chi connectivity index (χ1v) is 8.25. The van der Waals surface area contributed by atoms with Gasteiger partial charge in [-0.1, -0.05) is 36.2 Å². The van der Waals surface area contributed by atoms with Crippen LogP contribution >= 0.6 is 27.3 Å². The molecule has 102 valence electrons. The van der Waals surface area contributed by atoms with E-state index in [1.165, 1.54) is 25.4 Å². The lowest BCUT2D eigenvalue weighted by atomic mass is 9.98. The molecule has 1 aromatic carbocycles. The molecule has 1 unspecified atom stereocenters. The fraction of sp³-hybridized carbons (Fsp3) is 0.375. The fourth-order valence-corrected chi connectivity index (χ4v) is 3.96. The van der Waals surface area contributed by atoms with Crippen molar-refractivity contribution in [3.63, 3.8) is 0 Å². The highest BCUT2D eigenvalue weighted by molar-refractivity contribution is 9.11. The van der Waals surface area contributed by atoms with Gasteiger partial charge in [-0.15, -0.1) is 11.3 Å². The van der Waals surface area contributed by atoms with E-state index in [9.17, 15) is 0 Å². The Balaban J connectivity index is 2.23. The standard InChI is InChI=1S/C16H20BrNS/c1-4-18-15(10-14-5-6-16(17)19-14)13-8-11(2)7-12(3)9-13/h5-9,15,18H,4,10H2,1-3H3.